The molecule has 1 N–H and O–H groups in total. The minimum atomic E-state index is -0.0302. The van der Waals surface area contributed by atoms with Gasteiger partial charge in [0.15, 0.2) is 0 Å². The first-order chi connectivity index (χ1) is 7.63. The molecule has 0 aromatic heterocycles. The van der Waals surface area contributed by atoms with Gasteiger partial charge in [0.1, 0.15) is 0 Å². The largest absolute Gasteiger partial charge is 0.393 e. The zero-order valence-electron chi connectivity index (χ0n) is 10.2. The molecule has 0 radical (unpaired) electrons. The van der Waals surface area contributed by atoms with Crippen LogP contribution in [0.1, 0.15) is 24.0 Å². The molecule has 2 nitrogen and oxygen atoms in total. The van der Waals surface area contributed by atoms with Gasteiger partial charge >= 0.3 is 0 Å². The van der Waals surface area contributed by atoms with E-state index in [1.165, 1.54) is 11.1 Å². The van der Waals surface area contributed by atoms with Gasteiger partial charge in [-0.2, -0.15) is 0 Å². The smallest absolute Gasteiger partial charge is 0.0546 e. The molecular weight excluding hydrogens is 198 g/mol. The van der Waals surface area contributed by atoms with Crippen molar-refractivity contribution in [2.45, 2.75) is 32.4 Å². The Morgan fingerprint density at radius 3 is 2.75 bits per heavy atom. The third-order valence-corrected chi connectivity index (χ3v) is 3.32. The van der Waals surface area contributed by atoms with E-state index in [2.05, 4.69) is 43.1 Å². The first-order valence-corrected chi connectivity index (χ1v) is 6.05. The molecule has 1 aliphatic carbocycles. The molecule has 1 aromatic carbocycles. The van der Waals surface area contributed by atoms with Gasteiger partial charge in [0.05, 0.1) is 6.10 Å². The van der Waals surface area contributed by atoms with Gasteiger partial charge in [-0.3, -0.25) is 0 Å². The van der Waals surface area contributed by atoms with Crippen LogP contribution in [-0.4, -0.2) is 29.7 Å². The van der Waals surface area contributed by atoms with E-state index in [1.54, 1.807) is 0 Å². The summed E-state index contributed by atoms with van der Waals surface area (Å²) in [6.45, 7) is 4.24. The molecular formula is C14H21NO. The van der Waals surface area contributed by atoms with Crippen molar-refractivity contribution in [3.8, 4) is 0 Å². The monoisotopic (exact) mass is 219 g/mol. The minimum Gasteiger partial charge on any atom is -0.393 e. The van der Waals surface area contributed by atoms with Gasteiger partial charge in [0.25, 0.3) is 0 Å². The van der Waals surface area contributed by atoms with Gasteiger partial charge in [-0.25, -0.2) is 0 Å². The summed E-state index contributed by atoms with van der Waals surface area (Å²) in [6, 6.07) is 8.67. The fourth-order valence-electron chi connectivity index (χ4n) is 2.48. The van der Waals surface area contributed by atoms with E-state index in [0.717, 1.165) is 25.9 Å². The van der Waals surface area contributed by atoms with E-state index in [9.17, 15) is 5.11 Å². The lowest BCUT2D eigenvalue weighted by Gasteiger charge is -2.34. The number of hydrogen-bond donors (Lipinski definition) is 1. The van der Waals surface area contributed by atoms with Gasteiger partial charge in [-0.1, -0.05) is 29.8 Å². The summed E-state index contributed by atoms with van der Waals surface area (Å²) in [5.74, 6) is 0.699. The zero-order chi connectivity index (χ0) is 11.5. The van der Waals surface area contributed by atoms with Crippen LogP contribution in [0, 0.1) is 12.8 Å². The first kappa shape index (κ1) is 11.6. The lowest BCUT2D eigenvalue weighted by molar-refractivity contribution is 0.0274. The molecule has 0 aliphatic heterocycles. The molecule has 1 aliphatic rings. The van der Waals surface area contributed by atoms with E-state index in [0.29, 0.717) is 5.92 Å². The third kappa shape index (κ3) is 3.06. The number of nitrogens with zero attached hydrogens (tertiary/aromatic N) is 1. The zero-order valence-corrected chi connectivity index (χ0v) is 10.2. The Morgan fingerprint density at radius 1 is 1.38 bits per heavy atom. The highest BCUT2D eigenvalue weighted by molar-refractivity contribution is 5.21. The van der Waals surface area contributed by atoms with Crippen LogP contribution in [0.15, 0.2) is 24.3 Å². The average Bonchev–Trinajstić information content (AvgIpc) is 2.15. The highest BCUT2D eigenvalue weighted by atomic mass is 16.3. The van der Waals surface area contributed by atoms with Gasteiger partial charge in [-0.15, -0.1) is 0 Å². The second-order valence-electron chi connectivity index (χ2n) is 5.18. The van der Waals surface area contributed by atoms with Crippen molar-refractivity contribution in [3.05, 3.63) is 35.4 Å². The Bertz CT molecular complexity index is 344. The summed E-state index contributed by atoms with van der Waals surface area (Å²) in [4.78, 5) is 2.35. The summed E-state index contributed by atoms with van der Waals surface area (Å²) >= 11 is 0. The van der Waals surface area contributed by atoms with Crippen LogP contribution in [0.25, 0.3) is 0 Å². The average molecular weight is 219 g/mol. The van der Waals surface area contributed by atoms with E-state index in [4.69, 9.17) is 0 Å². The summed E-state index contributed by atoms with van der Waals surface area (Å²) < 4.78 is 0. The SMILES string of the molecule is Cc1cccc(CN(C)CC2CC(O)C2)c1. The van der Waals surface area contributed by atoms with Crippen LogP contribution < -0.4 is 0 Å². The third-order valence-electron chi connectivity index (χ3n) is 3.32. The number of hydrogen-bond acceptors (Lipinski definition) is 2. The van der Waals surface area contributed by atoms with Crippen LogP contribution in [-0.2, 0) is 6.54 Å². The standard InChI is InChI=1S/C14H21NO/c1-11-4-3-5-12(6-11)9-15(2)10-13-7-14(16)8-13/h3-6,13-14,16H,7-10H2,1-2H3. The molecule has 0 unspecified atom stereocenters. The van der Waals surface area contributed by atoms with Crippen LogP contribution in [0.3, 0.4) is 0 Å². The van der Waals surface area contributed by atoms with Crippen molar-refractivity contribution >= 4 is 0 Å². The van der Waals surface area contributed by atoms with Crippen molar-refractivity contribution in [1.82, 2.24) is 4.90 Å². The van der Waals surface area contributed by atoms with Crippen molar-refractivity contribution in [1.29, 1.82) is 0 Å². The van der Waals surface area contributed by atoms with Crippen LogP contribution >= 0.6 is 0 Å². The number of aliphatic hydroxyl groups excluding tert-OH is 1. The lowest BCUT2D eigenvalue weighted by Crippen LogP contribution is -2.36. The van der Waals surface area contributed by atoms with Crippen LogP contribution in [0.4, 0.5) is 0 Å². The number of benzene rings is 1. The molecule has 1 fully saturated rings. The molecule has 2 rings (SSSR count). The molecule has 2 heteroatoms. The Morgan fingerprint density at radius 2 is 2.12 bits per heavy atom. The highest BCUT2D eigenvalue weighted by Crippen LogP contribution is 2.27. The highest BCUT2D eigenvalue weighted by Gasteiger charge is 2.27. The second kappa shape index (κ2) is 4.98. The van der Waals surface area contributed by atoms with Gasteiger partial charge in [-0.05, 0) is 38.3 Å². The molecule has 0 atom stereocenters. The predicted octanol–water partition coefficient (Wildman–Crippen LogP) is 2.20. The maximum absolute atomic E-state index is 9.24. The normalized spacial score (nSPS) is 24.5. The summed E-state index contributed by atoms with van der Waals surface area (Å²) in [7, 11) is 2.16. The molecule has 1 saturated carbocycles. The van der Waals surface area contributed by atoms with Crippen molar-refractivity contribution in [2.75, 3.05) is 13.6 Å². The molecule has 88 valence electrons. The summed E-state index contributed by atoms with van der Waals surface area (Å²) in [5, 5.41) is 9.24. The van der Waals surface area contributed by atoms with Crippen molar-refractivity contribution < 1.29 is 5.11 Å². The van der Waals surface area contributed by atoms with Crippen LogP contribution in [0.2, 0.25) is 0 Å². The number of aryl methyl sites for hydroxylation is 1. The molecule has 16 heavy (non-hydrogen) atoms. The molecule has 0 saturated heterocycles. The van der Waals surface area contributed by atoms with Gasteiger partial charge in [0.2, 0.25) is 0 Å². The van der Waals surface area contributed by atoms with Gasteiger partial charge in [0, 0.05) is 13.1 Å². The number of rotatable bonds is 4. The summed E-state index contributed by atoms with van der Waals surface area (Å²) in [5.41, 5.74) is 2.70. The van der Waals surface area contributed by atoms with Crippen LogP contribution in [0.5, 0.6) is 0 Å². The maximum atomic E-state index is 9.24. The fourth-order valence-corrected chi connectivity index (χ4v) is 2.48. The quantitative estimate of drug-likeness (QED) is 0.839. The molecule has 0 heterocycles. The van der Waals surface area contributed by atoms with E-state index < -0.39 is 0 Å². The Kier molecular flexibility index (Phi) is 3.62. The Hall–Kier alpha value is -0.860. The lowest BCUT2D eigenvalue weighted by atomic mass is 9.82. The molecule has 1 aromatic rings. The molecule has 0 amide bonds. The van der Waals surface area contributed by atoms with Crippen molar-refractivity contribution in [3.63, 3.8) is 0 Å². The predicted molar refractivity (Wildman–Crippen MR) is 66.2 cm³/mol. The van der Waals surface area contributed by atoms with E-state index in [1.807, 2.05) is 0 Å². The Labute approximate surface area is 97.9 Å². The maximum Gasteiger partial charge on any atom is 0.0546 e. The van der Waals surface area contributed by atoms with E-state index in [-0.39, 0.29) is 6.10 Å². The molecule has 0 bridgehead atoms. The van der Waals surface area contributed by atoms with Crippen molar-refractivity contribution in [2.24, 2.45) is 5.92 Å². The van der Waals surface area contributed by atoms with Gasteiger partial charge < -0.3 is 10.0 Å². The first-order valence-electron chi connectivity index (χ1n) is 6.05. The molecule has 0 spiro atoms. The topological polar surface area (TPSA) is 23.5 Å². The van der Waals surface area contributed by atoms with E-state index >= 15 is 0 Å². The second-order valence-corrected chi connectivity index (χ2v) is 5.18. The number of aliphatic hydroxyl groups is 1. The minimum absolute atomic E-state index is 0.0302. The Balaban J connectivity index is 1.80. The fraction of sp³-hybridized carbons (Fsp3) is 0.571. The summed E-state index contributed by atoms with van der Waals surface area (Å²) in [6.07, 6.45) is 1.94.